The molecule has 1 aliphatic heterocycles. The number of nitrogens with one attached hydrogen (secondary N) is 2. The van der Waals surface area contributed by atoms with Gasteiger partial charge in [0.15, 0.2) is 5.65 Å². The van der Waals surface area contributed by atoms with Gasteiger partial charge >= 0.3 is 0 Å². The molecule has 4 aromatic rings. The SMILES string of the molecule is CCCn1nc(-c2cnc3[nH]cc(C(=O)N[C@H](C)C(=O)N4CC(N)C4)c3n2)c2ccc(Cl)cc21. The molecule has 5 rings (SSSR count). The lowest BCUT2D eigenvalue weighted by atomic mass is 10.1. The Morgan fingerprint density at radius 3 is 2.88 bits per heavy atom. The second kappa shape index (κ2) is 8.69. The molecule has 0 radical (unpaired) electrons. The molecule has 34 heavy (non-hydrogen) atoms. The number of aromatic nitrogens is 5. The number of H-pyrrole nitrogens is 1. The summed E-state index contributed by atoms with van der Waals surface area (Å²) in [5.74, 6) is -0.565. The Morgan fingerprint density at radius 1 is 1.35 bits per heavy atom. The number of carbonyl (C=O) groups is 2. The van der Waals surface area contributed by atoms with Crippen molar-refractivity contribution in [3.8, 4) is 11.4 Å². The van der Waals surface area contributed by atoms with E-state index >= 15 is 0 Å². The molecular weight excluding hydrogens is 456 g/mol. The van der Waals surface area contributed by atoms with Gasteiger partial charge in [0.05, 0.1) is 17.3 Å². The molecule has 4 N–H and O–H groups in total. The largest absolute Gasteiger partial charge is 0.344 e. The van der Waals surface area contributed by atoms with Gasteiger partial charge in [-0.3, -0.25) is 14.3 Å². The van der Waals surface area contributed by atoms with E-state index < -0.39 is 11.9 Å². The van der Waals surface area contributed by atoms with Crippen molar-refractivity contribution in [2.75, 3.05) is 13.1 Å². The number of likely N-dealkylation sites (tertiary alicyclic amines) is 1. The minimum absolute atomic E-state index is 0.00192. The van der Waals surface area contributed by atoms with Crippen LogP contribution in [-0.4, -0.2) is 66.6 Å². The van der Waals surface area contributed by atoms with E-state index in [2.05, 4.69) is 22.2 Å². The maximum Gasteiger partial charge on any atom is 0.255 e. The van der Waals surface area contributed by atoms with Crippen LogP contribution in [0.25, 0.3) is 33.5 Å². The van der Waals surface area contributed by atoms with Crippen molar-refractivity contribution >= 4 is 45.5 Å². The number of benzene rings is 1. The molecule has 0 saturated carbocycles. The van der Waals surface area contributed by atoms with E-state index in [1.54, 1.807) is 24.2 Å². The van der Waals surface area contributed by atoms with E-state index in [-0.39, 0.29) is 11.9 Å². The summed E-state index contributed by atoms with van der Waals surface area (Å²) in [4.78, 5) is 39.3. The van der Waals surface area contributed by atoms with Crippen LogP contribution in [0.3, 0.4) is 0 Å². The van der Waals surface area contributed by atoms with Crippen molar-refractivity contribution in [1.29, 1.82) is 0 Å². The Morgan fingerprint density at radius 2 is 2.15 bits per heavy atom. The van der Waals surface area contributed by atoms with Gasteiger partial charge in [-0.1, -0.05) is 18.5 Å². The average Bonchev–Trinajstić information content (AvgIpc) is 3.37. The van der Waals surface area contributed by atoms with Crippen LogP contribution in [0.5, 0.6) is 0 Å². The summed E-state index contributed by atoms with van der Waals surface area (Å²) in [6.07, 6.45) is 4.09. The van der Waals surface area contributed by atoms with Gasteiger partial charge in [0, 0.05) is 42.3 Å². The third-order valence-corrected chi connectivity index (χ3v) is 6.19. The average molecular weight is 481 g/mol. The van der Waals surface area contributed by atoms with Crippen LogP contribution in [0.2, 0.25) is 5.02 Å². The molecule has 0 bridgehead atoms. The zero-order valence-electron chi connectivity index (χ0n) is 18.9. The van der Waals surface area contributed by atoms with Crippen molar-refractivity contribution in [3.63, 3.8) is 0 Å². The summed E-state index contributed by atoms with van der Waals surface area (Å²) >= 11 is 6.22. The molecule has 176 valence electrons. The first-order valence-electron chi connectivity index (χ1n) is 11.2. The molecule has 0 unspecified atom stereocenters. The molecule has 1 atom stereocenters. The fourth-order valence-corrected chi connectivity index (χ4v) is 4.37. The fraction of sp³-hybridized carbons (Fsp3) is 0.348. The molecule has 1 fully saturated rings. The highest BCUT2D eigenvalue weighted by atomic mass is 35.5. The molecule has 3 aromatic heterocycles. The molecule has 2 amide bonds. The smallest absolute Gasteiger partial charge is 0.255 e. The quantitative estimate of drug-likeness (QED) is 0.387. The lowest BCUT2D eigenvalue weighted by Gasteiger charge is -2.38. The van der Waals surface area contributed by atoms with Gasteiger partial charge in [0.25, 0.3) is 5.91 Å². The van der Waals surface area contributed by atoms with Gasteiger partial charge in [0.2, 0.25) is 5.91 Å². The summed E-state index contributed by atoms with van der Waals surface area (Å²) in [7, 11) is 0. The number of aryl methyl sites for hydroxylation is 1. The first kappa shape index (κ1) is 22.3. The number of hydrogen-bond donors (Lipinski definition) is 3. The van der Waals surface area contributed by atoms with Crippen LogP contribution < -0.4 is 11.1 Å². The van der Waals surface area contributed by atoms with E-state index in [0.717, 1.165) is 23.9 Å². The molecule has 4 heterocycles. The topological polar surface area (TPSA) is 135 Å². The first-order chi connectivity index (χ1) is 16.4. The van der Waals surface area contributed by atoms with Gasteiger partial charge in [-0.2, -0.15) is 5.10 Å². The van der Waals surface area contributed by atoms with E-state index in [9.17, 15) is 9.59 Å². The number of rotatable bonds is 6. The number of carbonyl (C=O) groups excluding carboxylic acids is 2. The zero-order valence-corrected chi connectivity index (χ0v) is 19.6. The maximum atomic E-state index is 13.0. The van der Waals surface area contributed by atoms with Crippen molar-refractivity contribution in [1.82, 2.24) is 34.9 Å². The number of hydrogen-bond acceptors (Lipinski definition) is 6. The van der Waals surface area contributed by atoms with E-state index in [4.69, 9.17) is 27.4 Å². The Hall–Kier alpha value is -3.50. The Kier molecular flexibility index (Phi) is 5.70. The number of nitrogens with two attached hydrogens (primary N) is 1. The Balaban J connectivity index is 1.47. The Labute approximate surface area is 200 Å². The van der Waals surface area contributed by atoms with Gasteiger partial charge in [-0.25, -0.2) is 9.97 Å². The second-order valence-electron chi connectivity index (χ2n) is 8.59. The molecule has 10 nitrogen and oxygen atoms in total. The van der Waals surface area contributed by atoms with E-state index in [0.29, 0.717) is 46.2 Å². The summed E-state index contributed by atoms with van der Waals surface area (Å²) in [6, 6.07) is 4.93. The number of amides is 2. The lowest BCUT2D eigenvalue weighted by Crippen LogP contribution is -2.61. The number of halogens is 1. The highest BCUT2D eigenvalue weighted by Crippen LogP contribution is 2.30. The monoisotopic (exact) mass is 480 g/mol. The van der Waals surface area contributed by atoms with Crippen LogP contribution in [0.4, 0.5) is 0 Å². The van der Waals surface area contributed by atoms with Crippen molar-refractivity contribution in [3.05, 3.63) is 41.2 Å². The molecule has 0 spiro atoms. The standard InChI is InChI=1S/C23H25ClN8O2/c1-3-6-32-18-7-13(24)4-5-15(18)19(30-32)17-9-27-21-20(29-17)16(8-26-21)22(33)28-12(2)23(34)31-10-14(25)11-31/h4-5,7-9,12,14H,3,6,10-11,25H2,1-2H3,(H,26,27)(H,28,33)/t12-/m1/s1. The van der Waals surface area contributed by atoms with E-state index in [1.807, 2.05) is 22.9 Å². The van der Waals surface area contributed by atoms with Gasteiger partial charge in [0.1, 0.15) is 22.9 Å². The zero-order chi connectivity index (χ0) is 24.0. The lowest BCUT2D eigenvalue weighted by molar-refractivity contribution is -0.137. The number of nitrogens with zero attached hydrogens (tertiary/aromatic N) is 5. The predicted molar refractivity (Wildman–Crippen MR) is 129 cm³/mol. The fourth-order valence-electron chi connectivity index (χ4n) is 4.20. The van der Waals surface area contributed by atoms with Crippen LogP contribution in [-0.2, 0) is 11.3 Å². The third kappa shape index (κ3) is 3.88. The van der Waals surface area contributed by atoms with Crippen LogP contribution in [0.15, 0.2) is 30.6 Å². The van der Waals surface area contributed by atoms with Crippen LogP contribution in [0.1, 0.15) is 30.6 Å². The molecule has 1 aliphatic rings. The molecule has 1 saturated heterocycles. The highest BCUT2D eigenvalue weighted by Gasteiger charge is 2.31. The summed E-state index contributed by atoms with van der Waals surface area (Å²) in [6.45, 7) is 5.48. The van der Waals surface area contributed by atoms with E-state index in [1.165, 1.54) is 0 Å². The summed E-state index contributed by atoms with van der Waals surface area (Å²) in [5.41, 5.74) is 9.07. The third-order valence-electron chi connectivity index (χ3n) is 5.96. The number of aromatic amines is 1. The molecule has 11 heteroatoms. The van der Waals surface area contributed by atoms with Crippen LogP contribution in [0, 0.1) is 0 Å². The Bertz CT molecular complexity index is 1410. The van der Waals surface area contributed by atoms with Crippen molar-refractivity contribution < 1.29 is 9.59 Å². The molecular formula is C23H25ClN8O2. The van der Waals surface area contributed by atoms with Gasteiger partial charge < -0.3 is 20.9 Å². The van der Waals surface area contributed by atoms with Crippen LogP contribution >= 0.6 is 11.6 Å². The van der Waals surface area contributed by atoms with Crippen molar-refractivity contribution in [2.45, 2.75) is 38.9 Å². The normalized spacial score (nSPS) is 15.0. The molecule has 0 aliphatic carbocycles. The minimum atomic E-state index is -0.681. The highest BCUT2D eigenvalue weighted by molar-refractivity contribution is 6.31. The number of fused-ring (bicyclic) bond motifs is 2. The van der Waals surface area contributed by atoms with Gasteiger partial charge in [-0.05, 0) is 31.5 Å². The predicted octanol–water partition coefficient (Wildman–Crippen LogP) is 2.33. The second-order valence-corrected chi connectivity index (χ2v) is 9.02. The van der Waals surface area contributed by atoms with Gasteiger partial charge in [-0.15, -0.1) is 0 Å². The van der Waals surface area contributed by atoms with Crippen molar-refractivity contribution in [2.24, 2.45) is 5.73 Å². The minimum Gasteiger partial charge on any atom is -0.344 e. The maximum absolute atomic E-state index is 13.0. The molecule has 1 aromatic carbocycles. The first-order valence-corrected chi connectivity index (χ1v) is 11.6. The summed E-state index contributed by atoms with van der Waals surface area (Å²) < 4.78 is 1.90. The summed E-state index contributed by atoms with van der Waals surface area (Å²) in [5, 5.41) is 9.05.